The van der Waals surface area contributed by atoms with Crippen LogP contribution in [0.4, 0.5) is 0 Å². The third kappa shape index (κ3) is 1.19. The van der Waals surface area contributed by atoms with Crippen LogP contribution in [0.3, 0.4) is 0 Å². The summed E-state index contributed by atoms with van der Waals surface area (Å²) < 4.78 is 0. The summed E-state index contributed by atoms with van der Waals surface area (Å²) >= 11 is 0. The Bertz CT molecular complexity index is 247. The quantitative estimate of drug-likeness (QED) is 0.490. The predicted octanol–water partition coefficient (Wildman–Crippen LogP) is 3.95. The summed E-state index contributed by atoms with van der Waals surface area (Å²) in [7, 11) is 0. The average Bonchev–Trinajstić information content (AvgIpc) is 2.33. The van der Waals surface area contributed by atoms with E-state index in [9.17, 15) is 0 Å². The molecular weight excluding hydrogens is 156 g/mol. The van der Waals surface area contributed by atoms with Crippen molar-refractivity contribution in [2.45, 2.75) is 39.5 Å². The fraction of sp³-hybridized carbons (Fsp3) is 0.692. The van der Waals surface area contributed by atoms with Crippen LogP contribution in [0.2, 0.25) is 0 Å². The molecule has 3 unspecified atom stereocenters. The summed E-state index contributed by atoms with van der Waals surface area (Å²) in [6.45, 7) is 7.69. The molecule has 0 amide bonds. The first-order valence-corrected chi connectivity index (χ1v) is 5.58. The highest BCUT2D eigenvalue weighted by Gasteiger charge is 2.49. The number of rotatable bonds is 0. The van der Waals surface area contributed by atoms with Crippen LogP contribution in [0, 0.1) is 17.8 Å². The third-order valence-corrected chi connectivity index (χ3v) is 3.91. The van der Waals surface area contributed by atoms with Crippen molar-refractivity contribution in [1.29, 1.82) is 0 Å². The van der Waals surface area contributed by atoms with Crippen LogP contribution in [0.5, 0.6) is 0 Å². The second-order valence-electron chi connectivity index (χ2n) is 4.65. The highest BCUT2D eigenvalue weighted by atomic mass is 14.5. The summed E-state index contributed by atoms with van der Waals surface area (Å²) in [5.41, 5.74) is 3.77. The smallest absolute Gasteiger partial charge is 0.0109 e. The van der Waals surface area contributed by atoms with Crippen LogP contribution in [0.15, 0.2) is 23.8 Å². The molecule has 3 rings (SSSR count). The largest absolute Gasteiger partial charge is 0.103 e. The molecule has 0 bridgehead atoms. The minimum Gasteiger partial charge on any atom is -0.103 e. The molecule has 0 aliphatic heterocycles. The van der Waals surface area contributed by atoms with Crippen LogP contribution in [0.25, 0.3) is 0 Å². The van der Waals surface area contributed by atoms with Crippen molar-refractivity contribution in [1.82, 2.24) is 0 Å². The standard InChI is InChI=1S/C10H14.C3H6/c1-6-2-3-8-7-4-5-9(7)10(6)8;1-3-2/h6,8,10H,2-5H2,1H3;3H,1H2,2H3. The molecule has 0 spiro atoms. The maximum absolute atomic E-state index is 3.36. The van der Waals surface area contributed by atoms with Gasteiger partial charge in [0.05, 0.1) is 0 Å². The fourth-order valence-corrected chi connectivity index (χ4v) is 3.30. The van der Waals surface area contributed by atoms with Gasteiger partial charge in [0.15, 0.2) is 0 Å². The molecule has 1 fully saturated rings. The molecule has 0 heteroatoms. The Hall–Kier alpha value is -0.520. The van der Waals surface area contributed by atoms with Crippen LogP contribution < -0.4 is 0 Å². The van der Waals surface area contributed by atoms with E-state index in [1.807, 2.05) is 18.1 Å². The van der Waals surface area contributed by atoms with Gasteiger partial charge in [-0.2, -0.15) is 0 Å². The highest BCUT2D eigenvalue weighted by molar-refractivity contribution is 5.42. The molecule has 0 aromatic carbocycles. The molecule has 0 radical (unpaired) electrons. The molecule has 72 valence electrons. The van der Waals surface area contributed by atoms with Crippen molar-refractivity contribution in [3.63, 3.8) is 0 Å². The first-order valence-electron chi connectivity index (χ1n) is 5.58. The van der Waals surface area contributed by atoms with E-state index in [1.165, 1.54) is 25.7 Å². The second kappa shape index (κ2) is 3.32. The molecule has 3 aliphatic carbocycles. The number of hydrogen-bond donors (Lipinski definition) is 0. The van der Waals surface area contributed by atoms with E-state index in [4.69, 9.17) is 0 Å². The van der Waals surface area contributed by atoms with Crippen molar-refractivity contribution >= 4 is 0 Å². The van der Waals surface area contributed by atoms with E-state index in [1.54, 1.807) is 6.08 Å². The van der Waals surface area contributed by atoms with E-state index in [2.05, 4.69) is 13.5 Å². The summed E-state index contributed by atoms with van der Waals surface area (Å²) in [6.07, 6.45) is 7.69. The van der Waals surface area contributed by atoms with E-state index in [0.29, 0.717) is 0 Å². The molecule has 0 heterocycles. The lowest BCUT2D eigenvalue weighted by Gasteiger charge is -2.47. The zero-order valence-corrected chi connectivity index (χ0v) is 8.84. The van der Waals surface area contributed by atoms with Gasteiger partial charge in [-0.05, 0) is 50.4 Å². The Morgan fingerprint density at radius 3 is 2.31 bits per heavy atom. The Morgan fingerprint density at radius 2 is 1.85 bits per heavy atom. The van der Waals surface area contributed by atoms with E-state index in [0.717, 1.165) is 17.8 Å². The highest BCUT2D eigenvalue weighted by Crippen LogP contribution is 2.61. The van der Waals surface area contributed by atoms with Crippen LogP contribution in [0.1, 0.15) is 39.5 Å². The SMILES string of the molecule is C=CC.CC1CCC2C3=C(CC3)C12. The Kier molecular flexibility index (Phi) is 2.31. The Labute approximate surface area is 81.7 Å². The Morgan fingerprint density at radius 1 is 1.23 bits per heavy atom. The van der Waals surface area contributed by atoms with Crippen molar-refractivity contribution in [2.75, 3.05) is 0 Å². The first kappa shape index (κ1) is 9.05. The zero-order chi connectivity index (χ0) is 9.42. The Balaban J connectivity index is 0.000000196. The van der Waals surface area contributed by atoms with Crippen molar-refractivity contribution < 1.29 is 0 Å². The predicted molar refractivity (Wildman–Crippen MR) is 57.5 cm³/mol. The lowest BCUT2D eigenvalue weighted by atomic mass is 9.58. The van der Waals surface area contributed by atoms with Gasteiger partial charge in [-0.25, -0.2) is 0 Å². The normalized spacial score (nSPS) is 39.1. The molecular formula is C13H20. The lowest BCUT2D eigenvalue weighted by Crippen LogP contribution is -2.35. The van der Waals surface area contributed by atoms with Crippen molar-refractivity contribution in [3.05, 3.63) is 23.8 Å². The molecule has 13 heavy (non-hydrogen) atoms. The van der Waals surface area contributed by atoms with Gasteiger partial charge in [0, 0.05) is 0 Å². The summed E-state index contributed by atoms with van der Waals surface area (Å²) in [4.78, 5) is 0. The fourth-order valence-electron chi connectivity index (χ4n) is 3.30. The third-order valence-electron chi connectivity index (χ3n) is 3.91. The van der Waals surface area contributed by atoms with Gasteiger partial charge in [0.1, 0.15) is 0 Å². The van der Waals surface area contributed by atoms with Gasteiger partial charge < -0.3 is 0 Å². The zero-order valence-electron chi connectivity index (χ0n) is 8.84. The summed E-state index contributed by atoms with van der Waals surface area (Å²) in [5, 5.41) is 0. The van der Waals surface area contributed by atoms with E-state index < -0.39 is 0 Å². The molecule has 0 aromatic rings. The van der Waals surface area contributed by atoms with Crippen LogP contribution in [-0.4, -0.2) is 0 Å². The van der Waals surface area contributed by atoms with Gasteiger partial charge in [-0.1, -0.05) is 24.1 Å². The van der Waals surface area contributed by atoms with E-state index in [-0.39, 0.29) is 0 Å². The number of allylic oxidation sites excluding steroid dienone is 3. The molecule has 0 N–H and O–H groups in total. The van der Waals surface area contributed by atoms with Gasteiger partial charge in [-0.15, -0.1) is 6.58 Å². The molecule has 0 saturated heterocycles. The lowest BCUT2D eigenvalue weighted by molar-refractivity contribution is 0.298. The van der Waals surface area contributed by atoms with Crippen molar-refractivity contribution in [2.24, 2.45) is 17.8 Å². The topological polar surface area (TPSA) is 0 Å². The number of hydrogen-bond acceptors (Lipinski definition) is 0. The van der Waals surface area contributed by atoms with Gasteiger partial charge in [0.2, 0.25) is 0 Å². The van der Waals surface area contributed by atoms with Crippen molar-refractivity contribution in [3.8, 4) is 0 Å². The summed E-state index contributed by atoms with van der Waals surface area (Å²) in [6, 6.07) is 0. The molecule has 3 atom stereocenters. The minimum atomic E-state index is 1.03. The van der Waals surface area contributed by atoms with Gasteiger partial charge in [0.25, 0.3) is 0 Å². The summed E-state index contributed by atoms with van der Waals surface area (Å²) in [5.74, 6) is 3.19. The number of fused-ring (bicyclic) bond motifs is 3. The molecule has 0 nitrogen and oxygen atoms in total. The minimum absolute atomic E-state index is 1.03. The molecule has 1 saturated carbocycles. The van der Waals surface area contributed by atoms with Gasteiger partial charge in [-0.3, -0.25) is 0 Å². The first-order chi connectivity index (χ1) is 6.29. The maximum atomic E-state index is 3.36. The van der Waals surface area contributed by atoms with E-state index >= 15 is 0 Å². The van der Waals surface area contributed by atoms with Crippen LogP contribution in [-0.2, 0) is 0 Å². The second-order valence-corrected chi connectivity index (χ2v) is 4.65. The molecule has 3 aliphatic rings. The van der Waals surface area contributed by atoms with Crippen LogP contribution >= 0.6 is 0 Å². The van der Waals surface area contributed by atoms with Gasteiger partial charge >= 0.3 is 0 Å². The maximum Gasteiger partial charge on any atom is -0.0109 e. The monoisotopic (exact) mass is 176 g/mol. The average molecular weight is 176 g/mol. The molecule has 0 aromatic heterocycles.